The summed E-state index contributed by atoms with van der Waals surface area (Å²) in [6, 6.07) is 0.712. The Labute approximate surface area is 142 Å². The van der Waals surface area contributed by atoms with Gasteiger partial charge in [-0.05, 0) is 71.3 Å². The van der Waals surface area contributed by atoms with Crippen molar-refractivity contribution in [2.24, 2.45) is 11.8 Å². The lowest BCUT2D eigenvalue weighted by atomic mass is 9.87. The van der Waals surface area contributed by atoms with E-state index in [1.807, 2.05) is 25.7 Å². The number of nitrogens with zero attached hydrogens (tertiary/aromatic N) is 1. The van der Waals surface area contributed by atoms with Gasteiger partial charge in [0.05, 0.1) is 0 Å². The summed E-state index contributed by atoms with van der Waals surface area (Å²) >= 11 is 0. The van der Waals surface area contributed by atoms with Gasteiger partial charge in [-0.25, -0.2) is 4.79 Å². The topological polar surface area (TPSA) is 41.6 Å². The molecular weight excluding hydrogens is 288 g/mol. The monoisotopic (exact) mass is 324 g/mol. The summed E-state index contributed by atoms with van der Waals surface area (Å²) < 4.78 is 5.51. The predicted molar refractivity (Wildman–Crippen MR) is 94.6 cm³/mol. The molecule has 1 N–H and O–H groups in total. The van der Waals surface area contributed by atoms with E-state index in [9.17, 15) is 4.79 Å². The van der Waals surface area contributed by atoms with Crippen molar-refractivity contribution in [2.45, 2.75) is 84.3 Å². The fourth-order valence-corrected chi connectivity index (χ4v) is 3.90. The first kappa shape index (κ1) is 18.6. The first-order valence-corrected chi connectivity index (χ1v) is 9.55. The lowest BCUT2D eigenvalue weighted by Gasteiger charge is -2.34. The largest absolute Gasteiger partial charge is 0.444 e. The Balaban J connectivity index is 1.68. The van der Waals surface area contributed by atoms with Gasteiger partial charge in [-0.3, -0.25) is 0 Å². The van der Waals surface area contributed by atoms with Gasteiger partial charge in [0.25, 0.3) is 0 Å². The second kappa shape index (κ2) is 8.36. The highest BCUT2D eigenvalue weighted by atomic mass is 16.6. The van der Waals surface area contributed by atoms with Gasteiger partial charge in [-0.1, -0.05) is 19.8 Å². The minimum absolute atomic E-state index is 0.142. The number of nitrogens with one attached hydrogen (secondary N) is 1. The highest BCUT2D eigenvalue weighted by molar-refractivity contribution is 5.68. The molecule has 2 fully saturated rings. The van der Waals surface area contributed by atoms with Crippen LogP contribution in [0.4, 0.5) is 4.79 Å². The average Bonchev–Trinajstić information content (AvgIpc) is 2.46. The molecule has 3 atom stereocenters. The molecule has 0 bridgehead atoms. The SMILES string of the molecule is CC1CCCC(NCCC2CCCN(C(=O)OC(C)(C)C)C2)C1. The van der Waals surface area contributed by atoms with Gasteiger partial charge in [-0.2, -0.15) is 0 Å². The number of carbonyl (C=O) groups is 1. The predicted octanol–water partition coefficient (Wildman–Crippen LogP) is 4.19. The molecule has 1 aliphatic heterocycles. The molecule has 4 nitrogen and oxygen atoms in total. The molecule has 1 heterocycles. The van der Waals surface area contributed by atoms with Crippen LogP contribution >= 0.6 is 0 Å². The molecule has 1 amide bonds. The van der Waals surface area contributed by atoms with Crippen molar-refractivity contribution in [2.75, 3.05) is 19.6 Å². The molecule has 2 aliphatic rings. The summed E-state index contributed by atoms with van der Waals surface area (Å²) in [7, 11) is 0. The minimum Gasteiger partial charge on any atom is -0.444 e. The molecule has 134 valence electrons. The summed E-state index contributed by atoms with van der Waals surface area (Å²) in [5, 5.41) is 3.75. The number of rotatable bonds is 4. The maximum absolute atomic E-state index is 12.2. The van der Waals surface area contributed by atoms with Crippen molar-refractivity contribution < 1.29 is 9.53 Å². The summed E-state index contributed by atoms with van der Waals surface area (Å²) in [6.45, 7) is 11.0. The van der Waals surface area contributed by atoms with E-state index in [1.54, 1.807) is 0 Å². The van der Waals surface area contributed by atoms with Crippen molar-refractivity contribution in [3.63, 3.8) is 0 Å². The molecule has 3 unspecified atom stereocenters. The Hall–Kier alpha value is -0.770. The van der Waals surface area contributed by atoms with Crippen LogP contribution in [0, 0.1) is 11.8 Å². The number of hydrogen-bond donors (Lipinski definition) is 1. The van der Waals surface area contributed by atoms with Gasteiger partial charge < -0.3 is 15.0 Å². The third kappa shape index (κ3) is 6.70. The van der Waals surface area contributed by atoms with Crippen molar-refractivity contribution >= 4 is 6.09 Å². The molecule has 0 radical (unpaired) electrons. The van der Waals surface area contributed by atoms with Crippen molar-refractivity contribution in [1.82, 2.24) is 10.2 Å². The van der Waals surface area contributed by atoms with E-state index >= 15 is 0 Å². The van der Waals surface area contributed by atoms with Crippen molar-refractivity contribution in [3.8, 4) is 0 Å². The van der Waals surface area contributed by atoms with Crippen LogP contribution in [0.25, 0.3) is 0 Å². The van der Waals surface area contributed by atoms with Crippen LogP contribution in [0.3, 0.4) is 0 Å². The molecule has 1 saturated carbocycles. The molecule has 0 spiro atoms. The smallest absolute Gasteiger partial charge is 0.410 e. The Morgan fingerprint density at radius 1 is 1.22 bits per heavy atom. The average molecular weight is 325 g/mol. The van der Waals surface area contributed by atoms with E-state index in [0.717, 1.165) is 32.0 Å². The lowest BCUT2D eigenvalue weighted by Crippen LogP contribution is -2.43. The van der Waals surface area contributed by atoms with Gasteiger partial charge >= 0.3 is 6.09 Å². The quantitative estimate of drug-likeness (QED) is 0.843. The first-order valence-electron chi connectivity index (χ1n) is 9.55. The van der Waals surface area contributed by atoms with Crippen LogP contribution < -0.4 is 5.32 Å². The maximum atomic E-state index is 12.2. The van der Waals surface area contributed by atoms with Crippen LogP contribution in [0.2, 0.25) is 0 Å². The number of hydrogen-bond acceptors (Lipinski definition) is 3. The molecule has 0 aromatic carbocycles. The van der Waals surface area contributed by atoms with E-state index in [4.69, 9.17) is 4.74 Å². The number of ether oxygens (including phenoxy) is 1. The number of carbonyl (C=O) groups excluding carboxylic acids is 1. The maximum Gasteiger partial charge on any atom is 0.410 e. The van der Waals surface area contributed by atoms with Gasteiger partial charge in [0.15, 0.2) is 0 Å². The Morgan fingerprint density at radius 2 is 2.00 bits per heavy atom. The van der Waals surface area contributed by atoms with Crippen LogP contribution in [0.15, 0.2) is 0 Å². The number of amides is 1. The van der Waals surface area contributed by atoms with Gasteiger partial charge in [0.1, 0.15) is 5.60 Å². The number of piperidine rings is 1. The Kier molecular flexibility index (Phi) is 6.75. The molecule has 1 aliphatic carbocycles. The summed E-state index contributed by atoms with van der Waals surface area (Å²) in [4.78, 5) is 14.1. The fraction of sp³-hybridized carbons (Fsp3) is 0.947. The van der Waals surface area contributed by atoms with Crippen molar-refractivity contribution in [1.29, 1.82) is 0 Å². The number of likely N-dealkylation sites (tertiary alicyclic amines) is 1. The van der Waals surface area contributed by atoms with E-state index in [0.29, 0.717) is 12.0 Å². The first-order chi connectivity index (χ1) is 10.8. The van der Waals surface area contributed by atoms with Gasteiger partial charge in [0, 0.05) is 19.1 Å². The van der Waals surface area contributed by atoms with Crippen LogP contribution in [-0.4, -0.2) is 42.3 Å². The van der Waals surface area contributed by atoms with Crippen LogP contribution in [0.5, 0.6) is 0 Å². The molecule has 23 heavy (non-hydrogen) atoms. The van der Waals surface area contributed by atoms with Crippen LogP contribution in [0.1, 0.15) is 72.6 Å². The fourth-order valence-electron chi connectivity index (χ4n) is 3.90. The molecular formula is C19H36N2O2. The molecule has 2 rings (SSSR count). The van der Waals surface area contributed by atoms with E-state index in [1.165, 1.54) is 38.5 Å². The van der Waals surface area contributed by atoms with Crippen molar-refractivity contribution in [3.05, 3.63) is 0 Å². The Morgan fingerprint density at radius 3 is 2.70 bits per heavy atom. The second-order valence-electron chi connectivity index (χ2n) is 8.65. The Bertz CT molecular complexity index is 378. The highest BCUT2D eigenvalue weighted by Crippen LogP contribution is 2.24. The normalized spacial score (nSPS) is 29.4. The lowest BCUT2D eigenvalue weighted by molar-refractivity contribution is 0.0161. The summed E-state index contributed by atoms with van der Waals surface area (Å²) in [5.41, 5.74) is -0.400. The third-order valence-electron chi connectivity index (χ3n) is 5.09. The molecule has 1 saturated heterocycles. The molecule has 0 aromatic rings. The summed E-state index contributed by atoms with van der Waals surface area (Å²) in [6.07, 6.45) is 8.79. The molecule has 4 heteroatoms. The zero-order valence-corrected chi connectivity index (χ0v) is 15.6. The zero-order valence-electron chi connectivity index (χ0n) is 15.6. The van der Waals surface area contributed by atoms with E-state index < -0.39 is 5.60 Å². The van der Waals surface area contributed by atoms with Gasteiger partial charge in [-0.15, -0.1) is 0 Å². The zero-order chi connectivity index (χ0) is 16.9. The highest BCUT2D eigenvalue weighted by Gasteiger charge is 2.27. The van der Waals surface area contributed by atoms with E-state index in [2.05, 4.69) is 12.2 Å². The van der Waals surface area contributed by atoms with E-state index in [-0.39, 0.29) is 6.09 Å². The second-order valence-corrected chi connectivity index (χ2v) is 8.65. The standard InChI is InChI=1S/C19H36N2O2/c1-15-7-5-9-17(13-15)20-11-10-16-8-6-12-21(14-16)18(22)23-19(2,3)4/h15-17,20H,5-14H2,1-4H3. The van der Waals surface area contributed by atoms with Crippen LogP contribution in [-0.2, 0) is 4.74 Å². The minimum atomic E-state index is -0.400. The summed E-state index contributed by atoms with van der Waals surface area (Å²) in [5.74, 6) is 1.49. The van der Waals surface area contributed by atoms with Gasteiger partial charge in [0.2, 0.25) is 0 Å². The molecule has 0 aromatic heterocycles. The third-order valence-corrected chi connectivity index (χ3v) is 5.09.